The zero-order valence-corrected chi connectivity index (χ0v) is 21.9. The fourth-order valence-electron chi connectivity index (χ4n) is 5.35. The topological polar surface area (TPSA) is 120 Å². The highest BCUT2D eigenvalue weighted by molar-refractivity contribution is 6.03. The van der Waals surface area contributed by atoms with Gasteiger partial charge in [0.25, 0.3) is 5.91 Å². The zero-order valence-electron chi connectivity index (χ0n) is 21.9. The number of amides is 2. The number of aliphatic hydroxyl groups is 1. The minimum absolute atomic E-state index is 0.0292. The van der Waals surface area contributed by atoms with E-state index in [-0.39, 0.29) is 13.0 Å². The molecule has 2 heterocycles. The summed E-state index contributed by atoms with van der Waals surface area (Å²) in [6.45, 7) is 5.76. The van der Waals surface area contributed by atoms with Gasteiger partial charge < -0.3 is 25.4 Å². The molecule has 2 aliphatic heterocycles. The highest BCUT2D eigenvalue weighted by atomic mass is 19.1. The number of likely N-dealkylation sites (tertiary alicyclic amines) is 2. The Morgan fingerprint density at radius 1 is 1.21 bits per heavy atom. The summed E-state index contributed by atoms with van der Waals surface area (Å²) in [6.07, 6.45) is 1.11. The van der Waals surface area contributed by atoms with Crippen LogP contribution in [0.3, 0.4) is 0 Å². The average Bonchev–Trinajstić information content (AvgIpc) is 3.29. The summed E-state index contributed by atoms with van der Waals surface area (Å²) >= 11 is 0. The molecular formula is C29H35FN4O4. The average molecular weight is 523 g/mol. The van der Waals surface area contributed by atoms with E-state index in [2.05, 4.69) is 11.0 Å². The monoisotopic (exact) mass is 522 g/mol. The smallest absolute Gasteiger partial charge is 0.255 e. The third kappa shape index (κ3) is 6.50. The van der Waals surface area contributed by atoms with E-state index >= 15 is 0 Å². The number of nitrogens with two attached hydrogens (primary N) is 1. The zero-order chi connectivity index (χ0) is 27.4. The number of primary amides is 1. The summed E-state index contributed by atoms with van der Waals surface area (Å²) in [5.74, 6) is -0.253. The normalized spacial score (nSPS) is 20.8. The van der Waals surface area contributed by atoms with E-state index in [0.717, 1.165) is 25.9 Å². The molecular weight excluding hydrogens is 487 g/mol. The molecule has 2 aromatic carbocycles. The van der Waals surface area contributed by atoms with Crippen LogP contribution in [0.2, 0.25) is 0 Å². The number of ether oxygens (including phenoxy) is 1. The number of β-amino-alcohol motifs (C(OH)–C–C–N with tert-alkyl or cyclic N) is 1. The molecule has 0 spiro atoms. The summed E-state index contributed by atoms with van der Waals surface area (Å²) in [4.78, 5) is 28.7. The van der Waals surface area contributed by atoms with E-state index in [1.165, 1.54) is 4.90 Å². The molecule has 8 nitrogen and oxygen atoms in total. The Kier molecular flexibility index (Phi) is 8.34. The molecule has 4 rings (SSSR count). The number of alkyl halides is 1. The van der Waals surface area contributed by atoms with Crippen molar-refractivity contribution < 1.29 is 23.8 Å². The first-order chi connectivity index (χ1) is 18.1. The van der Waals surface area contributed by atoms with Crippen molar-refractivity contribution in [2.24, 2.45) is 11.7 Å². The van der Waals surface area contributed by atoms with E-state index < -0.39 is 29.6 Å². The molecule has 2 saturated heterocycles. The third-order valence-electron chi connectivity index (χ3n) is 7.22. The largest absolute Gasteiger partial charge is 0.492 e. The molecule has 2 fully saturated rings. The first-order valence-electron chi connectivity index (χ1n) is 13.0. The van der Waals surface area contributed by atoms with Gasteiger partial charge in [-0.15, -0.1) is 0 Å². The van der Waals surface area contributed by atoms with E-state index in [9.17, 15) is 24.3 Å². The van der Waals surface area contributed by atoms with Gasteiger partial charge in [-0.2, -0.15) is 5.26 Å². The SMILES string of the molecule is CC(C)(F)CN1CCC(COc2ccc(-c3ccccc3C(=O)N3C[C@H](O)C[C@H]3C(N)=O)cc2C#N)CC1. The van der Waals surface area contributed by atoms with Crippen LogP contribution in [-0.4, -0.2) is 77.3 Å². The van der Waals surface area contributed by atoms with Crippen LogP contribution < -0.4 is 10.5 Å². The second-order valence-electron chi connectivity index (χ2n) is 10.9. The Labute approximate surface area is 222 Å². The van der Waals surface area contributed by atoms with E-state index in [1.54, 1.807) is 56.3 Å². The Hall–Kier alpha value is -3.48. The Bertz CT molecular complexity index is 1210. The lowest BCUT2D eigenvalue weighted by Gasteiger charge is -2.34. The molecule has 0 bridgehead atoms. The Morgan fingerprint density at radius 3 is 2.58 bits per heavy atom. The van der Waals surface area contributed by atoms with Gasteiger partial charge in [-0.3, -0.25) is 9.59 Å². The number of carbonyl (C=O) groups excluding carboxylic acids is 2. The molecule has 2 aromatic rings. The van der Waals surface area contributed by atoms with Crippen LogP contribution in [0.25, 0.3) is 11.1 Å². The number of rotatable bonds is 8. The van der Waals surface area contributed by atoms with Crippen molar-refractivity contribution in [2.45, 2.75) is 50.9 Å². The van der Waals surface area contributed by atoms with Gasteiger partial charge >= 0.3 is 0 Å². The van der Waals surface area contributed by atoms with Gasteiger partial charge in [0.2, 0.25) is 5.91 Å². The minimum Gasteiger partial charge on any atom is -0.492 e. The van der Waals surface area contributed by atoms with Gasteiger partial charge in [-0.05, 0) is 75.0 Å². The molecule has 3 N–H and O–H groups in total. The van der Waals surface area contributed by atoms with Gasteiger partial charge in [0.1, 0.15) is 23.5 Å². The number of hydrogen-bond donors (Lipinski definition) is 2. The van der Waals surface area contributed by atoms with Crippen LogP contribution in [0, 0.1) is 17.2 Å². The predicted molar refractivity (Wildman–Crippen MR) is 141 cm³/mol. The maximum absolute atomic E-state index is 13.9. The molecule has 0 aromatic heterocycles. The summed E-state index contributed by atoms with van der Waals surface area (Å²) in [5.41, 5.74) is 6.24. The maximum atomic E-state index is 13.9. The standard InChI is InChI=1S/C29H35FN4O4/c1-29(2,30)18-33-11-9-19(10-12-33)17-38-26-8-7-20(13-21(26)15-31)23-5-3-4-6-24(23)28(37)34-16-22(35)14-25(34)27(32)36/h3-8,13,19,22,25,35H,9-12,14,16-18H2,1-2H3,(H2,32,36)/t22-,25+/m1/s1. The summed E-state index contributed by atoms with van der Waals surface area (Å²) in [6, 6.07) is 13.5. The van der Waals surface area contributed by atoms with E-state index in [0.29, 0.717) is 47.1 Å². The molecule has 2 aliphatic rings. The summed E-state index contributed by atoms with van der Waals surface area (Å²) in [5, 5.41) is 19.9. The maximum Gasteiger partial charge on any atom is 0.255 e. The summed E-state index contributed by atoms with van der Waals surface area (Å²) < 4.78 is 20.0. The van der Waals surface area contributed by atoms with Crippen molar-refractivity contribution in [3.8, 4) is 22.9 Å². The van der Waals surface area contributed by atoms with Crippen molar-refractivity contribution in [1.29, 1.82) is 5.26 Å². The van der Waals surface area contributed by atoms with Crippen LogP contribution in [0.5, 0.6) is 5.75 Å². The van der Waals surface area contributed by atoms with Crippen LogP contribution in [0.4, 0.5) is 4.39 Å². The molecule has 202 valence electrons. The van der Waals surface area contributed by atoms with Crippen molar-refractivity contribution in [2.75, 3.05) is 32.8 Å². The quantitative estimate of drug-likeness (QED) is 0.550. The van der Waals surface area contributed by atoms with Crippen molar-refractivity contribution in [3.05, 3.63) is 53.6 Å². The Morgan fingerprint density at radius 2 is 1.92 bits per heavy atom. The van der Waals surface area contributed by atoms with Crippen molar-refractivity contribution in [3.63, 3.8) is 0 Å². The first kappa shape index (κ1) is 27.6. The van der Waals surface area contributed by atoms with E-state index in [1.807, 2.05) is 0 Å². The second-order valence-corrected chi connectivity index (χ2v) is 10.9. The molecule has 0 saturated carbocycles. The molecule has 0 radical (unpaired) electrons. The predicted octanol–water partition coefficient (Wildman–Crippen LogP) is 3.12. The lowest BCUT2D eigenvalue weighted by molar-refractivity contribution is -0.121. The number of piperidine rings is 1. The number of hydrogen-bond acceptors (Lipinski definition) is 6. The molecule has 9 heteroatoms. The minimum atomic E-state index is -1.21. The second kappa shape index (κ2) is 11.5. The molecule has 38 heavy (non-hydrogen) atoms. The molecule has 0 unspecified atom stereocenters. The molecule has 2 amide bonds. The van der Waals surface area contributed by atoms with Gasteiger partial charge in [-0.1, -0.05) is 24.3 Å². The van der Waals surface area contributed by atoms with Gasteiger partial charge in [0.15, 0.2) is 0 Å². The Balaban J connectivity index is 1.47. The van der Waals surface area contributed by atoms with Crippen molar-refractivity contribution >= 4 is 11.8 Å². The van der Waals surface area contributed by atoms with Gasteiger partial charge in [0.05, 0.1) is 18.3 Å². The third-order valence-corrected chi connectivity index (χ3v) is 7.22. The highest BCUT2D eigenvalue weighted by Gasteiger charge is 2.38. The van der Waals surface area contributed by atoms with Crippen LogP contribution in [-0.2, 0) is 4.79 Å². The number of nitrogens with zero attached hydrogens (tertiary/aromatic N) is 3. The number of halogens is 1. The number of carbonyl (C=O) groups is 2. The fraction of sp³-hybridized carbons (Fsp3) is 0.483. The van der Waals surface area contributed by atoms with Gasteiger partial charge in [-0.25, -0.2) is 4.39 Å². The lowest BCUT2D eigenvalue weighted by atomic mass is 9.96. The number of benzene rings is 2. The van der Waals surface area contributed by atoms with Crippen LogP contribution >= 0.6 is 0 Å². The lowest BCUT2D eigenvalue weighted by Crippen LogP contribution is -2.43. The van der Waals surface area contributed by atoms with Crippen LogP contribution in [0.15, 0.2) is 42.5 Å². The first-order valence-corrected chi connectivity index (χ1v) is 13.0. The summed E-state index contributed by atoms with van der Waals surface area (Å²) in [7, 11) is 0. The number of nitriles is 1. The van der Waals surface area contributed by atoms with Crippen LogP contribution in [0.1, 0.15) is 49.0 Å². The highest BCUT2D eigenvalue weighted by Crippen LogP contribution is 2.32. The fourth-order valence-corrected chi connectivity index (χ4v) is 5.35. The van der Waals surface area contributed by atoms with E-state index in [4.69, 9.17) is 10.5 Å². The molecule has 0 aliphatic carbocycles. The van der Waals surface area contributed by atoms with Gasteiger partial charge in [0, 0.05) is 25.1 Å². The van der Waals surface area contributed by atoms with Crippen molar-refractivity contribution in [1.82, 2.24) is 9.80 Å². The number of aliphatic hydroxyl groups excluding tert-OH is 1. The molecule has 2 atom stereocenters.